The van der Waals surface area contributed by atoms with E-state index in [1.165, 1.54) is 6.26 Å². The second-order valence-corrected chi connectivity index (χ2v) is 7.92. The second-order valence-electron chi connectivity index (χ2n) is 6.14. The van der Waals surface area contributed by atoms with E-state index in [0.29, 0.717) is 18.7 Å². The van der Waals surface area contributed by atoms with Crippen molar-refractivity contribution in [2.75, 3.05) is 25.9 Å². The predicted molar refractivity (Wildman–Crippen MR) is 90.1 cm³/mol. The van der Waals surface area contributed by atoms with Crippen LogP contribution in [0.15, 0.2) is 30.5 Å². The van der Waals surface area contributed by atoms with Gasteiger partial charge in [-0.3, -0.25) is 9.69 Å². The molecule has 1 fully saturated rings. The number of nitrogens with one attached hydrogen (secondary N) is 2. The lowest BCUT2D eigenvalue weighted by Gasteiger charge is -2.32. The number of aromatic nitrogens is 1. The van der Waals surface area contributed by atoms with Gasteiger partial charge in [-0.1, -0.05) is 18.2 Å². The van der Waals surface area contributed by atoms with E-state index in [-0.39, 0.29) is 11.8 Å². The topological polar surface area (TPSA) is 82.3 Å². The van der Waals surface area contributed by atoms with Crippen molar-refractivity contribution < 1.29 is 13.2 Å². The minimum Gasteiger partial charge on any atom is -0.360 e. The van der Waals surface area contributed by atoms with Gasteiger partial charge in [0.25, 0.3) is 0 Å². The summed E-state index contributed by atoms with van der Waals surface area (Å²) in [4.78, 5) is 17.7. The number of H-pyrrole nitrogens is 1. The molecular weight excluding hydrogens is 314 g/mol. The molecule has 1 aromatic heterocycles. The number of ketones is 1. The number of hydrogen-bond donors (Lipinski definition) is 2. The normalized spacial score (nSPS) is 20.0. The van der Waals surface area contributed by atoms with Crippen molar-refractivity contribution in [1.29, 1.82) is 0 Å². The Labute approximate surface area is 135 Å². The average Bonchev–Trinajstić information content (AvgIpc) is 2.89. The van der Waals surface area contributed by atoms with E-state index in [4.69, 9.17) is 0 Å². The molecule has 2 heterocycles. The summed E-state index contributed by atoms with van der Waals surface area (Å²) in [6.07, 6.45) is 4.62. The van der Waals surface area contributed by atoms with E-state index in [9.17, 15) is 13.2 Å². The van der Waals surface area contributed by atoms with Crippen molar-refractivity contribution >= 4 is 26.7 Å². The molecule has 0 spiro atoms. The Kier molecular flexibility index (Phi) is 4.52. The van der Waals surface area contributed by atoms with Gasteiger partial charge >= 0.3 is 0 Å². The zero-order valence-electron chi connectivity index (χ0n) is 13.1. The third-order valence-corrected chi connectivity index (χ3v) is 4.90. The van der Waals surface area contributed by atoms with E-state index in [2.05, 4.69) is 9.71 Å². The molecule has 0 amide bonds. The summed E-state index contributed by atoms with van der Waals surface area (Å²) in [5.74, 6) is 0.0578. The molecule has 2 N–H and O–H groups in total. The molecule has 124 valence electrons. The molecule has 6 nitrogen and oxygen atoms in total. The van der Waals surface area contributed by atoms with Gasteiger partial charge in [0.2, 0.25) is 10.0 Å². The van der Waals surface area contributed by atoms with Crippen molar-refractivity contribution in [3.05, 3.63) is 36.0 Å². The first-order chi connectivity index (χ1) is 10.9. The summed E-state index contributed by atoms with van der Waals surface area (Å²) in [6.45, 7) is 1.70. The molecule has 1 aromatic carbocycles. The summed E-state index contributed by atoms with van der Waals surface area (Å²) < 4.78 is 25.4. The molecule has 0 unspecified atom stereocenters. The molecule has 23 heavy (non-hydrogen) atoms. The van der Waals surface area contributed by atoms with Crippen LogP contribution in [0.2, 0.25) is 0 Å². The molecule has 0 radical (unpaired) electrons. The zero-order valence-corrected chi connectivity index (χ0v) is 13.9. The summed E-state index contributed by atoms with van der Waals surface area (Å²) in [6, 6.07) is 7.61. The van der Waals surface area contributed by atoms with Crippen LogP contribution in [-0.4, -0.2) is 56.0 Å². The van der Waals surface area contributed by atoms with Crippen LogP contribution in [0.3, 0.4) is 0 Å². The smallest absolute Gasteiger partial charge is 0.208 e. The van der Waals surface area contributed by atoms with Crippen molar-refractivity contribution in [3.8, 4) is 0 Å². The van der Waals surface area contributed by atoms with Gasteiger partial charge in [-0.2, -0.15) is 0 Å². The van der Waals surface area contributed by atoms with Crippen LogP contribution in [0.1, 0.15) is 23.2 Å². The Morgan fingerprint density at radius 2 is 2.17 bits per heavy atom. The van der Waals surface area contributed by atoms with Gasteiger partial charge in [0.05, 0.1) is 12.8 Å². The number of likely N-dealkylation sites (tertiary alicyclic amines) is 1. The highest BCUT2D eigenvalue weighted by Crippen LogP contribution is 2.19. The third kappa shape index (κ3) is 3.99. The number of hydrogen-bond acceptors (Lipinski definition) is 4. The SMILES string of the molecule is CS(=O)(=O)N[C@@H]1CCCN(CC(=O)c2c[nH]c3ccccc23)C1. The standard InChI is InChI=1S/C16H21N3O3S/c1-23(21,22)18-12-5-4-8-19(10-12)11-16(20)14-9-17-15-7-3-2-6-13(14)15/h2-3,6-7,9,12,17-18H,4-5,8,10-11H2,1H3/t12-/m1/s1. The maximum absolute atomic E-state index is 12.6. The highest BCUT2D eigenvalue weighted by molar-refractivity contribution is 7.88. The van der Waals surface area contributed by atoms with Crippen LogP contribution in [0, 0.1) is 0 Å². The second kappa shape index (κ2) is 6.43. The molecule has 3 rings (SSSR count). The number of piperidine rings is 1. The lowest BCUT2D eigenvalue weighted by atomic mass is 10.0. The average molecular weight is 335 g/mol. The number of nitrogens with zero attached hydrogens (tertiary/aromatic N) is 1. The highest BCUT2D eigenvalue weighted by Gasteiger charge is 2.24. The van der Waals surface area contributed by atoms with Gasteiger partial charge in [-0.05, 0) is 25.5 Å². The first kappa shape index (κ1) is 16.2. The maximum Gasteiger partial charge on any atom is 0.208 e. The Morgan fingerprint density at radius 3 is 2.96 bits per heavy atom. The molecule has 1 aliphatic heterocycles. The molecule has 1 aliphatic rings. The van der Waals surface area contributed by atoms with E-state index in [0.717, 1.165) is 30.3 Å². The molecule has 1 saturated heterocycles. The van der Waals surface area contributed by atoms with Crippen molar-refractivity contribution in [2.24, 2.45) is 0 Å². The molecule has 0 aliphatic carbocycles. The summed E-state index contributed by atoms with van der Waals surface area (Å²) in [5.41, 5.74) is 1.64. The number of fused-ring (bicyclic) bond motifs is 1. The number of benzene rings is 1. The molecular formula is C16H21N3O3S. The van der Waals surface area contributed by atoms with Crippen LogP contribution in [0.25, 0.3) is 10.9 Å². The fraction of sp³-hybridized carbons (Fsp3) is 0.438. The Hall–Kier alpha value is -1.70. The fourth-order valence-corrected chi connectivity index (χ4v) is 3.99. The van der Waals surface area contributed by atoms with Gasteiger partial charge in [-0.15, -0.1) is 0 Å². The number of carbonyl (C=O) groups is 1. The van der Waals surface area contributed by atoms with Gasteiger partial charge in [0.15, 0.2) is 5.78 Å². The molecule has 2 aromatic rings. The third-order valence-electron chi connectivity index (χ3n) is 4.14. The monoisotopic (exact) mass is 335 g/mol. The van der Waals surface area contributed by atoms with E-state index < -0.39 is 10.0 Å². The largest absolute Gasteiger partial charge is 0.360 e. The number of Topliss-reactive ketones (excluding diaryl/α,β-unsaturated/α-hetero) is 1. The van der Waals surface area contributed by atoms with Crippen LogP contribution >= 0.6 is 0 Å². The lowest BCUT2D eigenvalue weighted by molar-refractivity contribution is 0.0907. The molecule has 7 heteroatoms. The quantitative estimate of drug-likeness (QED) is 0.809. The van der Waals surface area contributed by atoms with E-state index >= 15 is 0 Å². The Bertz CT molecular complexity index is 813. The number of sulfonamides is 1. The van der Waals surface area contributed by atoms with Crippen LogP contribution < -0.4 is 4.72 Å². The van der Waals surface area contributed by atoms with Gasteiger partial charge in [0, 0.05) is 35.2 Å². The Balaban J connectivity index is 1.68. The van der Waals surface area contributed by atoms with E-state index in [1.807, 2.05) is 29.2 Å². The van der Waals surface area contributed by atoms with Crippen LogP contribution in [-0.2, 0) is 10.0 Å². The summed E-state index contributed by atoms with van der Waals surface area (Å²) in [7, 11) is -3.21. The first-order valence-electron chi connectivity index (χ1n) is 7.71. The van der Waals surface area contributed by atoms with Crippen molar-refractivity contribution in [1.82, 2.24) is 14.6 Å². The fourth-order valence-electron chi connectivity index (χ4n) is 3.19. The number of carbonyl (C=O) groups excluding carboxylic acids is 1. The van der Waals surface area contributed by atoms with E-state index in [1.54, 1.807) is 6.20 Å². The van der Waals surface area contributed by atoms with Gasteiger partial charge in [-0.25, -0.2) is 13.1 Å². The van der Waals surface area contributed by atoms with Crippen molar-refractivity contribution in [3.63, 3.8) is 0 Å². The summed E-state index contributed by atoms with van der Waals surface area (Å²) in [5, 5.41) is 0.931. The minimum atomic E-state index is -3.21. The summed E-state index contributed by atoms with van der Waals surface area (Å²) >= 11 is 0. The molecule has 1 atom stereocenters. The molecule has 0 saturated carbocycles. The van der Waals surface area contributed by atoms with Crippen molar-refractivity contribution in [2.45, 2.75) is 18.9 Å². The highest BCUT2D eigenvalue weighted by atomic mass is 32.2. The number of para-hydroxylation sites is 1. The first-order valence-corrected chi connectivity index (χ1v) is 9.60. The zero-order chi connectivity index (χ0) is 16.4. The minimum absolute atomic E-state index is 0.0578. The Morgan fingerprint density at radius 1 is 1.39 bits per heavy atom. The van der Waals surface area contributed by atoms with Crippen LogP contribution in [0.4, 0.5) is 0 Å². The van der Waals surface area contributed by atoms with Gasteiger partial charge in [0.1, 0.15) is 0 Å². The lowest BCUT2D eigenvalue weighted by Crippen LogP contribution is -2.48. The van der Waals surface area contributed by atoms with Crippen LogP contribution in [0.5, 0.6) is 0 Å². The predicted octanol–water partition coefficient (Wildman–Crippen LogP) is 1.36. The molecule has 0 bridgehead atoms. The van der Waals surface area contributed by atoms with Gasteiger partial charge < -0.3 is 4.98 Å². The number of rotatable bonds is 5. The maximum atomic E-state index is 12.6. The number of aromatic amines is 1.